The van der Waals surface area contributed by atoms with Crippen LogP contribution in [0, 0.1) is 11.8 Å². The Bertz CT molecular complexity index is 608. The number of carbonyl (C=O) groups excluding carboxylic acids is 1. The summed E-state index contributed by atoms with van der Waals surface area (Å²) in [6.07, 6.45) is 1.96. The van der Waals surface area contributed by atoms with E-state index in [4.69, 9.17) is 9.84 Å². The molecule has 2 rings (SSSR count). The van der Waals surface area contributed by atoms with E-state index in [1.807, 2.05) is 0 Å². The van der Waals surface area contributed by atoms with Gasteiger partial charge in [-0.2, -0.15) is 8.78 Å². The standard InChI is InChI=1S/C16H19F2NO5/c1-23-11-5-6-13(24-16(17)18)12(8-11)19-14(20)9-3-2-4-10(7-9)15(21)22/h5-6,8-10,16H,2-4,7H2,1H3,(H,19,20)(H,21,22). The number of carboxylic acids is 1. The number of carbonyl (C=O) groups is 2. The van der Waals surface area contributed by atoms with Gasteiger partial charge in [0, 0.05) is 12.0 Å². The molecule has 2 N–H and O–H groups in total. The Hall–Kier alpha value is -2.38. The summed E-state index contributed by atoms with van der Waals surface area (Å²) in [5.41, 5.74) is 0.0668. The molecule has 1 aliphatic rings. The van der Waals surface area contributed by atoms with Crippen LogP contribution in [0.4, 0.5) is 14.5 Å². The van der Waals surface area contributed by atoms with Crippen molar-refractivity contribution in [1.82, 2.24) is 0 Å². The predicted octanol–water partition coefficient (Wildman–Crippen LogP) is 3.13. The first-order valence-corrected chi connectivity index (χ1v) is 7.57. The number of alkyl halides is 2. The van der Waals surface area contributed by atoms with E-state index in [2.05, 4.69) is 10.1 Å². The number of carboxylic acid groups (broad SMARTS) is 1. The molecular formula is C16H19F2NO5. The molecule has 1 amide bonds. The third kappa shape index (κ3) is 4.56. The molecule has 132 valence electrons. The van der Waals surface area contributed by atoms with Crippen molar-refractivity contribution in [3.8, 4) is 11.5 Å². The van der Waals surface area contributed by atoms with Gasteiger partial charge in [-0.05, 0) is 31.4 Å². The molecule has 8 heteroatoms. The van der Waals surface area contributed by atoms with Gasteiger partial charge in [0.1, 0.15) is 11.5 Å². The average molecular weight is 343 g/mol. The molecule has 0 heterocycles. The summed E-state index contributed by atoms with van der Waals surface area (Å²) < 4.78 is 34.4. The van der Waals surface area contributed by atoms with Crippen molar-refractivity contribution in [2.45, 2.75) is 32.3 Å². The number of methoxy groups -OCH3 is 1. The molecule has 0 aromatic heterocycles. The lowest BCUT2D eigenvalue weighted by Gasteiger charge is -2.26. The number of aliphatic carboxylic acids is 1. The van der Waals surface area contributed by atoms with Crippen LogP contribution in [0.3, 0.4) is 0 Å². The molecule has 1 fully saturated rings. The van der Waals surface area contributed by atoms with Crippen molar-refractivity contribution >= 4 is 17.6 Å². The largest absolute Gasteiger partial charge is 0.497 e. The Morgan fingerprint density at radius 2 is 2.00 bits per heavy atom. The minimum absolute atomic E-state index is 0.0668. The minimum Gasteiger partial charge on any atom is -0.497 e. The molecule has 0 aliphatic heterocycles. The molecule has 0 radical (unpaired) electrons. The molecule has 24 heavy (non-hydrogen) atoms. The van der Waals surface area contributed by atoms with E-state index in [1.165, 1.54) is 25.3 Å². The van der Waals surface area contributed by atoms with Gasteiger partial charge in [0.25, 0.3) is 0 Å². The molecule has 0 spiro atoms. The second-order valence-corrected chi connectivity index (χ2v) is 5.63. The normalized spacial score (nSPS) is 20.5. The summed E-state index contributed by atoms with van der Waals surface area (Å²) in [5, 5.41) is 11.6. The second kappa shape index (κ2) is 7.94. The Morgan fingerprint density at radius 3 is 2.62 bits per heavy atom. The number of anilines is 1. The Morgan fingerprint density at radius 1 is 1.29 bits per heavy atom. The number of rotatable bonds is 6. The monoisotopic (exact) mass is 343 g/mol. The minimum atomic E-state index is -3.03. The number of ether oxygens (including phenoxy) is 2. The van der Waals surface area contributed by atoms with Crippen molar-refractivity contribution in [2.75, 3.05) is 12.4 Å². The second-order valence-electron chi connectivity index (χ2n) is 5.63. The maximum Gasteiger partial charge on any atom is 0.387 e. The Labute approximate surface area is 137 Å². The first-order chi connectivity index (χ1) is 11.4. The third-order valence-corrected chi connectivity index (χ3v) is 4.05. The molecule has 0 bridgehead atoms. The smallest absolute Gasteiger partial charge is 0.387 e. The van der Waals surface area contributed by atoms with E-state index in [9.17, 15) is 18.4 Å². The zero-order valence-corrected chi connectivity index (χ0v) is 13.1. The summed E-state index contributed by atoms with van der Waals surface area (Å²) in [6, 6.07) is 4.10. The maximum atomic E-state index is 12.5. The van der Waals surface area contributed by atoms with Crippen LogP contribution in [0.2, 0.25) is 0 Å². The van der Waals surface area contributed by atoms with Gasteiger partial charge in [0.05, 0.1) is 18.7 Å². The summed E-state index contributed by atoms with van der Waals surface area (Å²) in [4.78, 5) is 23.5. The fourth-order valence-electron chi connectivity index (χ4n) is 2.82. The topological polar surface area (TPSA) is 84.9 Å². The number of amides is 1. The van der Waals surface area contributed by atoms with Gasteiger partial charge in [0.15, 0.2) is 0 Å². The van der Waals surface area contributed by atoms with E-state index in [-0.39, 0.29) is 17.9 Å². The van der Waals surface area contributed by atoms with E-state index >= 15 is 0 Å². The SMILES string of the molecule is COc1ccc(OC(F)F)c(NC(=O)C2CCCC(C(=O)O)C2)c1. The summed E-state index contributed by atoms with van der Waals surface area (Å²) in [7, 11) is 1.41. The van der Waals surface area contributed by atoms with E-state index < -0.39 is 30.3 Å². The molecule has 1 aliphatic carbocycles. The molecular weight excluding hydrogens is 324 g/mol. The molecule has 2 unspecified atom stereocenters. The van der Waals surface area contributed by atoms with Crippen molar-refractivity contribution in [3.05, 3.63) is 18.2 Å². The highest BCUT2D eigenvalue weighted by Gasteiger charge is 2.31. The van der Waals surface area contributed by atoms with Crippen molar-refractivity contribution < 1.29 is 33.0 Å². The fraction of sp³-hybridized carbons (Fsp3) is 0.500. The Balaban J connectivity index is 2.13. The predicted molar refractivity (Wildman–Crippen MR) is 81.3 cm³/mol. The van der Waals surface area contributed by atoms with Gasteiger partial charge in [-0.15, -0.1) is 0 Å². The van der Waals surface area contributed by atoms with Crippen LogP contribution in [0.15, 0.2) is 18.2 Å². The lowest BCUT2D eigenvalue weighted by molar-refractivity contribution is -0.143. The van der Waals surface area contributed by atoms with Gasteiger partial charge in [0.2, 0.25) is 5.91 Å². The van der Waals surface area contributed by atoms with Gasteiger partial charge < -0.3 is 19.9 Å². The van der Waals surface area contributed by atoms with Crippen molar-refractivity contribution in [2.24, 2.45) is 11.8 Å². The molecule has 1 aromatic rings. The maximum absolute atomic E-state index is 12.5. The molecule has 0 saturated heterocycles. The van der Waals surface area contributed by atoms with Crippen LogP contribution in [-0.4, -0.2) is 30.7 Å². The highest BCUT2D eigenvalue weighted by molar-refractivity contribution is 5.94. The number of halogens is 2. The zero-order valence-electron chi connectivity index (χ0n) is 13.1. The number of benzene rings is 1. The van der Waals surface area contributed by atoms with E-state index in [1.54, 1.807) is 0 Å². The lowest BCUT2D eigenvalue weighted by Crippen LogP contribution is -2.31. The van der Waals surface area contributed by atoms with Gasteiger partial charge in [-0.1, -0.05) is 6.42 Å². The van der Waals surface area contributed by atoms with Crippen molar-refractivity contribution in [3.63, 3.8) is 0 Å². The van der Waals surface area contributed by atoms with Crippen LogP contribution in [0.1, 0.15) is 25.7 Å². The number of hydrogen-bond acceptors (Lipinski definition) is 4. The van der Waals surface area contributed by atoms with Gasteiger partial charge in [-0.25, -0.2) is 0 Å². The molecule has 1 saturated carbocycles. The fourth-order valence-corrected chi connectivity index (χ4v) is 2.82. The highest BCUT2D eigenvalue weighted by Crippen LogP contribution is 2.34. The Kier molecular flexibility index (Phi) is 5.94. The number of nitrogens with one attached hydrogen (secondary N) is 1. The van der Waals surface area contributed by atoms with Crippen LogP contribution in [0.25, 0.3) is 0 Å². The molecule has 6 nitrogen and oxygen atoms in total. The summed E-state index contributed by atoms with van der Waals surface area (Å²) >= 11 is 0. The quantitative estimate of drug-likeness (QED) is 0.829. The van der Waals surface area contributed by atoms with Crippen LogP contribution in [-0.2, 0) is 9.59 Å². The highest BCUT2D eigenvalue weighted by atomic mass is 19.3. The summed E-state index contributed by atoms with van der Waals surface area (Å²) in [5.74, 6) is -2.17. The van der Waals surface area contributed by atoms with E-state index in [0.29, 0.717) is 25.0 Å². The first kappa shape index (κ1) is 18.0. The van der Waals surface area contributed by atoms with Crippen LogP contribution < -0.4 is 14.8 Å². The van der Waals surface area contributed by atoms with Gasteiger partial charge in [-0.3, -0.25) is 9.59 Å². The first-order valence-electron chi connectivity index (χ1n) is 7.57. The number of hydrogen-bond donors (Lipinski definition) is 2. The molecule has 2 atom stereocenters. The van der Waals surface area contributed by atoms with Crippen LogP contribution >= 0.6 is 0 Å². The van der Waals surface area contributed by atoms with Crippen molar-refractivity contribution in [1.29, 1.82) is 0 Å². The zero-order chi connectivity index (χ0) is 17.7. The molecule has 1 aromatic carbocycles. The van der Waals surface area contributed by atoms with Gasteiger partial charge >= 0.3 is 12.6 Å². The average Bonchev–Trinajstić information content (AvgIpc) is 2.56. The van der Waals surface area contributed by atoms with E-state index in [0.717, 1.165) is 0 Å². The summed E-state index contributed by atoms with van der Waals surface area (Å²) in [6.45, 7) is -3.03. The van der Waals surface area contributed by atoms with Crippen LogP contribution in [0.5, 0.6) is 11.5 Å². The lowest BCUT2D eigenvalue weighted by atomic mass is 9.81. The third-order valence-electron chi connectivity index (χ3n) is 4.05.